The highest BCUT2D eigenvalue weighted by atomic mass is 16.4. The third kappa shape index (κ3) is 2.05. The predicted molar refractivity (Wildman–Crippen MR) is 86.5 cm³/mol. The van der Waals surface area contributed by atoms with Crippen molar-refractivity contribution in [2.75, 3.05) is 18.4 Å². The van der Waals surface area contributed by atoms with E-state index in [2.05, 4.69) is 15.4 Å². The van der Waals surface area contributed by atoms with Gasteiger partial charge in [-0.25, -0.2) is 9.78 Å². The minimum absolute atomic E-state index is 0.0524. The molecule has 0 bridgehead atoms. The zero-order valence-corrected chi connectivity index (χ0v) is 13.4. The van der Waals surface area contributed by atoms with E-state index in [4.69, 9.17) is 0 Å². The Morgan fingerprint density at radius 3 is 3.04 bits per heavy atom. The molecule has 1 aliphatic heterocycles. The Bertz CT molecular complexity index is 832. The number of aryl methyl sites for hydroxylation is 1. The molecule has 1 saturated carbocycles. The van der Waals surface area contributed by atoms with Gasteiger partial charge in [0, 0.05) is 26.3 Å². The second-order valence-electron chi connectivity index (χ2n) is 6.73. The number of carbonyl (C=O) groups excluding carboxylic acids is 1. The summed E-state index contributed by atoms with van der Waals surface area (Å²) in [4.78, 5) is 30.2. The summed E-state index contributed by atoms with van der Waals surface area (Å²) in [5.74, 6) is -0.726. The molecule has 24 heavy (non-hydrogen) atoms. The normalized spacial score (nSPS) is 25.9. The Balaban J connectivity index is 1.56. The molecule has 0 aromatic carbocycles. The number of anilines is 1. The lowest BCUT2D eigenvalue weighted by Gasteiger charge is -2.23. The zero-order valence-electron chi connectivity index (χ0n) is 13.4. The molecule has 2 aliphatic rings. The number of carbonyl (C=O) groups is 2. The Hall–Kier alpha value is -2.64. The lowest BCUT2D eigenvalue weighted by Crippen LogP contribution is -2.38. The molecule has 1 aliphatic carbocycles. The molecular formula is C16H19N5O3. The molecule has 0 radical (unpaired) electrons. The number of aromatic nitrogens is 3. The van der Waals surface area contributed by atoms with Crippen molar-refractivity contribution in [3.8, 4) is 0 Å². The molecule has 0 spiro atoms. The summed E-state index contributed by atoms with van der Waals surface area (Å²) < 4.78 is 1.64. The summed E-state index contributed by atoms with van der Waals surface area (Å²) in [5.41, 5.74) is 0.562. The predicted octanol–water partition coefficient (Wildman–Crippen LogP) is 1.69. The van der Waals surface area contributed by atoms with E-state index in [9.17, 15) is 14.7 Å². The largest absolute Gasteiger partial charge is 0.481 e. The quantitative estimate of drug-likeness (QED) is 0.873. The van der Waals surface area contributed by atoms with Gasteiger partial charge in [-0.05, 0) is 24.8 Å². The van der Waals surface area contributed by atoms with E-state index in [-0.39, 0.29) is 18.5 Å². The average molecular weight is 329 g/mol. The van der Waals surface area contributed by atoms with Crippen molar-refractivity contribution < 1.29 is 14.7 Å². The molecule has 4 rings (SSSR count). The van der Waals surface area contributed by atoms with Gasteiger partial charge in [0.2, 0.25) is 0 Å². The molecule has 0 unspecified atom stereocenters. The van der Waals surface area contributed by atoms with Crippen molar-refractivity contribution in [1.29, 1.82) is 0 Å². The van der Waals surface area contributed by atoms with Gasteiger partial charge in [0.05, 0.1) is 22.7 Å². The number of likely N-dealkylation sites (tertiary alicyclic amines) is 1. The summed E-state index contributed by atoms with van der Waals surface area (Å²) in [6.07, 6.45) is 5.73. The van der Waals surface area contributed by atoms with E-state index >= 15 is 0 Å². The van der Waals surface area contributed by atoms with E-state index in [1.807, 2.05) is 0 Å². The highest BCUT2D eigenvalue weighted by Gasteiger charge is 2.55. The van der Waals surface area contributed by atoms with E-state index in [0.29, 0.717) is 24.3 Å². The Kier molecular flexibility index (Phi) is 3.22. The van der Waals surface area contributed by atoms with Crippen LogP contribution in [-0.2, 0) is 11.8 Å². The van der Waals surface area contributed by atoms with Gasteiger partial charge in [-0.1, -0.05) is 6.42 Å². The van der Waals surface area contributed by atoms with Crippen LogP contribution in [-0.4, -0.2) is 49.9 Å². The number of fused-ring (bicyclic) bond motifs is 2. The van der Waals surface area contributed by atoms with Gasteiger partial charge in [-0.2, -0.15) is 5.10 Å². The van der Waals surface area contributed by atoms with Crippen molar-refractivity contribution in [2.45, 2.75) is 19.3 Å². The molecule has 2 atom stereocenters. The lowest BCUT2D eigenvalue weighted by atomic mass is 9.81. The number of nitrogens with one attached hydrogen (secondary N) is 1. The van der Waals surface area contributed by atoms with E-state index in [1.54, 1.807) is 35.1 Å². The van der Waals surface area contributed by atoms with Crippen molar-refractivity contribution in [1.82, 2.24) is 19.7 Å². The molecule has 2 aromatic rings. The van der Waals surface area contributed by atoms with Gasteiger partial charge in [-0.3, -0.25) is 9.48 Å². The van der Waals surface area contributed by atoms with E-state index in [0.717, 1.165) is 18.2 Å². The molecule has 2 aromatic heterocycles. The Labute approximate surface area is 138 Å². The first kappa shape index (κ1) is 14.9. The third-order valence-electron chi connectivity index (χ3n) is 5.46. The van der Waals surface area contributed by atoms with Crippen LogP contribution in [0.3, 0.4) is 0 Å². The monoisotopic (exact) mass is 329 g/mol. The number of hydrogen-bond acceptors (Lipinski definition) is 4. The topological polar surface area (TPSA) is 100 Å². The highest BCUT2D eigenvalue weighted by Crippen LogP contribution is 2.48. The molecule has 8 nitrogen and oxygen atoms in total. The Morgan fingerprint density at radius 1 is 1.46 bits per heavy atom. The first-order valence-electron chi connectivity index (χ1n) is 8.07. The number of aliphatic carboxylic acids is 1. The fourth-order valence-electron chi connectivity index (χ4n) is 4.14. The molecule has 2 fully saturated rings. The van der Waals surface area contributed by atoms with Gasteiger partial charge in [-0.15, -0.1) is 0 Å². The van der Waals surface area contributed by atoms with Gasteiger partial charge in [0.15, 0.2) is 5.65 Å². The third-order valence-corrected chi connectivity index (χ3v) is 5.46. The van der Waals surface area contributed by atoms with E-state index < -0.39 is 11.4 Å². The first-order valence-corrected chi connectivity index (χ1v) is 8.07. The summed E-state index contributed by atoms with van der Waals surface area (Å²) in [7, 11) is 1.79. The Morgan fingerprint density at radius 2 is 2.29 bits per heavy atom. The van der Waals surface area contributed by atoms with Gasteiger partial charge in [0.1, 0.15) is 0 Å². The molecular weight excluding hydrogens is 310 g/mol. The number of carboxylic acids is 1. The fraction of sp³-hybridized carbons (Fsp3) is 0.500. The SMILES string of the molecule is Cn1ncc2c(NC(=O)N3C[C@@H]4CCC[C@@]4(C(=O)O)C3)ccnc21. The van der Waals surface area contributed by atoms with Gasteiger partial charge in [0.25, 0.3) is 0 Å². The van der Waals surface area contributed by atoms with Crippen LogP contribution in [0.2, 0.25) is 0 Å². The van der Waals surface area contributed by atoms with Crippen LogP contribution in [0.15, 0.2) is 18.5 Å². The molecule has 8 heteroatoms. The molecule has 3 heterocycles. The second kappa shape index (κ2) is 5.19. The number of hydrogen-bond donors (Lipinski definition) is 2. The van der Waals surface area contributed by atoms with Crippen LogP contribution >= 0.6 is 0 Å². The van der Waals surface area contributed by atoms with Crippen LogP contribution in [0, 0.1) is 11.3 Å². The molecule has 2 N–H and O–H groups in total. The number of amides is 2. The maximum atomic E-state index is 12.6. The number of carboxylic acid groups (broad SMARTS) is 1. The molecule has 2 amide bonds. The van der Waals surface area contributed by atoms with Gasteiger partial charge < -0.3 is 15.3 Å². The summed E-state index contributed by atoms with van der Waals surface area (Å²) in [5, 5.41) is 17.4. The minimum atomic E-state index is -0.779. The zero-order chi connectivity index (χ0) is 16.9. The van der Waals surface area contributed by atoms with Crippen LogP contribution in [0.1, 0.15) is 19.3 Å². The van der Waals surface area contributed by atoms with E-state index in [1.165, 1.54) is 0 Å². The van der Waals surface area contributed by atoms with Gasteiger partial charge >= 0.3 is 12.0 Å². The highest BCUT2D eigenvalue weighted by molar-refractivity contribution is 5.99. The first-order chi connectivity index (χ1) is 11.5. The van der Waals surface area contributed by atoms with Crippen LogP contribution < -0.4 is 5.32 Å². The number of pyridine rings is 1. The van der Waals surface area contributed by atoms with Crippen LogP contribution in [0.5, 0.6) is 0 Å². The van der Waals surface area contributed by atoms with Crippen LogP contribution in [0.25, 0.3) is 11.0 Å². The second-order valence-corrected chi connectivity index (χ2v) is 6.73. The van der Waals surface area contributed by atoms with Crippen molar-refractivity contribution in [3.05, 3.63) is 18.5 Å². The average Bonchev–Trinajstić information content (AvgIpc) is 3.20. The number of urea groups is 1. The molecule has 1 saturated heterocycles. The maximum absolute atomic E-state index is 12.6. The lowest BCUT2D eigenvalue weighted by molar-refractivity contribution is -0.149. The minimum Gasteiger partial charge on any atom is -0.481 e. The van der Waals surface area contributed by atoms with Crippen LogP contribution in [0.4, 0.5) is 10.5 Å². The van der Waals surface area contributed by atoms with Crippen molar-refractivity contribution >= 4 is 28.7 Å². The maximum Gasteiger partial charge on any atom is 0.321 e. The number of rotatable bonds is 2. The summed E-state index contributed by atoms with van der Waals surface area (Å²) in [6, 6.07) is 1.47. The molecule has 126 valence electrons. The van der Waals surface area contributed by atoms with Crippen molar-refractivity contribution in [3.63, 3.8) is 0 Å². The summed E-state index contributed by atoms with van der Waals surface area (Å²) >= 11 is 0. The summed E-state index contributed by atoms with van der Waals surface area (Å²) in [6.45, 7) is 0.777. The standard InChI is InChI=1S/C16H19N5O3/c1-20-13-11(7-18-20)12(4-6-17-13)19-15(24)21-8-10-3-2-5-16(10,9-21)14(22)23/h4,6-7,10H,2-3,5,8-9H2,1H3,(H,22,23)(H,17,19,24)/t10-,16+/m0/s1. The fourth-order valence-corrected chi connectivity index (χ4v) is 4.14. The van der Waals surface area contributed by atoms with Crippen molar-refractivity contribution in [2.24, 2.45) is 18.4 Å². The number of nitrogens with zero attached hydrogens (tertiary/aromatic N) is 4. The smallest absolute Gasteiger partial charge is 0.321 e.